The Hall–Kier alpha value is -2.59. The van der Waals surface area contributed by atoms with E-state index in [2.05, 4.69) is 0 Å². The number of amides is 2. The predicted octanol–water partition coefficient (Wildman–Crippen LogP) is 4.87. The highest BCUT2D eigenvalue weighted by Crippen LogP contribution is 2.32. The standard InChI is InChI=1S/C20H17NO2S/c1-15(12-16-8-4-2-5-9-16)13-18-19(22)21(20(23)24-18)14-17-10-6-3-7-11-17/h2-13H,14H2,1H3/b15-12+,18-13-. The van der Waals surface area contributed by atoms with Crippen LogP contribution >= 0.6 is 11.8 Å². The Balaban J connectivity index is 1.77. The second kappa shape index (κ2) is 7.32. The highest BCUT2D eigenvalue weighted by atomic mass is 32.2. The molecule has 0 atom stereocenters. The second-order valence-corrected chi connectivity index (χ2v) is 6.55. The lowest BCUT2D eigenvalue weighted by atomic mass is 10.1. The van der Waals surface area contributed by atoms with Crippen molar-refractivity contribution in [2.75, 3.05) is 0 Å². The first-order chi connectivity index (χ1) is 11.6. The number of thioether (sulfide) groups is 1. The Kier molecular flexibility index (Phi) is 4.96. The van der Waals surface area contributed by atoms with Gasteiger partial charge in [-0.3, -0.25) is 14.5 Å². The Bertz CT molecular complexity index is 810. The highest BCUT2D eigenvalue weighted by molar-refractivity contribution is 8.18. The fourth-order valence-electron chi connectivity index (χ4n) is 2.46. The van der Waals surface area contributed by atoms with Crippen molar-refractivity contribution in [2.45, 2.75) is 13.5 Å². The topological polar surface area (TPSA) is 37.4 Å². The van der Waals surface area contributed by atoms with E-state index in [0.717, 1.165) is 28.5 Å². The van der Waals surface area contributed by atoms with E-state index >= 15 is 0 Å². The normalized spacial score (nSPS) is 17.0. The molecule has 2 aromatic carbocycles. The maximum Gasteiger partial charge on any atom is 0.293 e. The van der Waals surface area contributed by atoms with E-state index in [1.807, 2.05) is 73.7 Å². The smallest absolute Gasteiger partial charge is 0.268 e. The number of benzene rings is 2. The number of hydrogen-bond acceptors (Lipinski definition) is 3. The minimum absolute atomic E-state index is 0.220. The number of rotatable bonds is 4. The molecule has 1 aliphatic rings. The zero-order valence-electron chi connectivity index (χ0n) is 13.3. The molecular formula is C20H17NO2S. The van der Waals surface area contributed by atoms with Crippen molar-refractivity contribution in [3.63, 3.8) is 0 Å². The van der Waals surface area contributed by atoms with E-state index in [1.54, 1.807) is 6.08 Å². The highest BCUT2D eigenvalue weighted by Gasteiger charge is 2.34. The Morgan fingerprint density at radius 3 is 2.29 bits per heavy atom. The van der Waals surface area contributed by atoms with Gasteiger partial charge in [0.2, 0.25) is 0 Å². The van der Waals surface area contributed by atoms with E-state index in [1.165, 1.54) is 4.90 Å². The molecule has 4 heteroatoms. The summed E-state index contributed by atoms with van der Waals surface area (Å²) in [6, 6.07) is 19.4. The molecule has 0 saturated carbocycles. The molecule has 3 rings (SSSR count). The van der Waals surface area contributed by atoms with Crippen LogP contribution in [0.25, 0.3) is 6.08 Å². The lowest BCUT2D eigenvalue weighted by molar-refractivity contribution is -0.123. The maximum atomic E-state index is 12.5. The molecule has 24 heavy (non-hydrogen) atoms. The van der Waals surface area contributed by atoms with E-state index in [0.29, 0.717) is 11.4 Å². The summed E-state index contributed by atoms with van der Waals surface area (Å²) in [6.07, 6.45) is 3.77. The van der Waals surface area contributed by atoms with E-state index in [4.69, 9.17) is 0 Å². The zero-order valence-corrected chi connectivity index (χ0v) is 14.1. The van der Waals surface area contributed by atoms with Gasteiger partial charge in [-0.2, -0.15) is 0 Å². The summed E-state index contributed by atoms with van der Waals surface area (Å²) in [5.74, 6) is -0.227. The molecule has 0 spiro atoms. The summed E-state index contributed by atoms with van der Waals surface area (Å²) in [6.45, 7) is 2.24. The van der Waals surface area contributed by atoms with Crippen LogP contribution in [0, 0.1) is 0 Å². The monoisotopic (exact) mass is 335 g/mol. The molecule has 0 radical (unpaired) electrons. The minimum Gasteiger partial charge on any atom is -0.268 e. The Morgan fingerprint density at radius 2 is 1.62 bits per heavy atom. The van der Waals surface area contributed by atoms with Crippen molar-refractivity contribution in [1.29, 1.82) is 0 Å². The first-order valence-electron chi connectivity index (χ1n) is 7.66. The van der Waals surface area contributed by atoms with Gasteiger partial charge in [0.25, 0.3) is 11.1 Å². The molecule has 0 unspecified atom stereocenters. The zero-order chi connectivity index (χ0) is 16.9. The van der Waals surface area contributed by atoms with Crippen molar-refractivity contribution in [1.82, 2.24) is 4.90 Å². The number of carbonyl (C=O) groups is 2. The fraction of sp³-hybridized carbons (Fsp3) is 0.100. The van der Waals surface area contributed by atoms with E-state index in [9.17, 15) is 9.59 Å². The third kappa shape index (κ3) is 3.84. The van der Waals surface area contributed by atoms with Crippen LogP contribution in [0.2, 0.25) is 0 Å². The first-order valence-corrected chi connectivity index (χ1v) is 8.48. The predicted molar refractivity (Wildman–Crippen MR) is 98.2 cm³/mol. The number of imide groups is 1. The largest absolute Gasteiger partial charge is 0.293 e. The summed E-state index contributed by atoms with van der Waals surface area (Å²) in [5, 5.41) is -0.220. The molecule has 0 bridgehead atoms. The Labute approximate surface area is 145 Å². The van der Waals surface area contributed by atoms with Crippen molar-refractivity contribution < 1.29 is 9.59 Å². The summed E-state index contributed by atoms with van der Waals surface area (Å²) >= 11 is 0.998. The molecular weight excluding hydrogens is 318 g/mol. The minimum atomic E-state index is -0.227. The van der Waals surface area contributed by atoms with Crippen LogP contribution in [0.3, 0.4) is 0 Å². The van der Waals surface area contributed by atoms with Gasteiger partial charge in [-0.05, 0) is 41.5 Å². The molecule has 1 fully saturated rings. The number of hydrogen-bond donors (Lipinski definition) is 0. The molecule has 2 aromatic rings. The van der Waals surface area contributed by atoms with Gasteiger partial charge in [0.15, 0.2) is 0 Å². The summed E-state index contributed by atoms with van der Waals surface area (Å²) < 4.78 is 0. The average Bonchev–Trinajstić information content (AvgIpc) is 2.84. The number of nitrogens with zero attached hydrogens (tertiary/aromatic N) is 1. The van der Waals surface area contributed by atoms with Crippen molar-refractivity contribution >= 4 is 29.0 Å². The second-order valence-electron chi connectivity index (χ2n) is 5.55. The molecule has 1 heterocycles. The summed E-state index contributed by atoms with van der Waals surface area (Å²) in [7, 11) is 0. The van der Waals surface area contributed by atoms with Gasteiger partial charge in [-0.1, -0.05) is 66.7 Å². The van der Waals surface area contributed by atoms with Gasteiger partial charge in [0, 0.05) is 0 Å². The van der Waals surface area contributed by atoms with Crippen LogP contribution in [0.4, 0.5) is 4.79 Å². The third-order valence-electron chi connectivity index (χ3n) is 3.61. The van der Waals surface area contributed by atoms with Crippen LogP contribution in [-0.2, 0) is 11.3 Å². The van der Waals surface area contributed by atoms with Gasteiger partial charge in [-0.15, -0.1) is 0 Å². The average molecular weight is 335 g/mol. The molecule has 0 aromatic heterocycles. The van der Waals surface area contributed by atoms with Gasteiger partial charge in [-0.25, -0.2) is 0 Å². The fourth-order valence-corrected chi connectivity index (χ4v) is 3.35. The first kappa shape index (κ1) is 16.3. The molecule has 120 valence electrons. The van der Waals surface area contributed by atoms with Crippen LogP contribution in [-0.4, -0.2) is 16.0 Å². The number of allylic oxidation sites excluding steroid dienone is 2. The van der Waals surface area contributed by atoms with Crippen LogP contribution in [0.15, 0.2) is 77.2 Å². The maximum absolute atomic E-state index is 12.5. The lowest BCUT2D eigenvalue weighted by Gasteiger charge is -2.12. The van der Waals surface area contributed by atoms with Crippen molar-refractivity contribution in [3.05, 3.63) is 88.3 Å². The molecule has 0 N–H and O–H groups in total. The van der Waals surface area contributed by atoms with Gasteiger partial charge in [0.1, 0.15) is 0 Å². The van der Waals surface area contributed by atoms with Crippen LogP contribution in [0.1, 0.15) is 18.1 Å². The van der Waals surface area contributed by atoms with Gasteiger partial charge in [0.05, 0.1) is 11.4 Å². The molecule has 2 amide bonds. The molecule has 1 saturated heterocycles. The van der Waals surface area contributed by atoms with E-state index < -0.39 is 0 Å². The quantitative estimate of drug-likeness (QED) is 0.748. The van der Waals surface area contributed by atoms with Crippen molar-refractivity contribution in [2.24, 2.45) is 0 Å². The molecule has 0 aliphatic carbocycles. The SMILES string of the molecule is CC(/C=C1\SC(=O)N(Cc2ccccc2)C1=O)=C\c1ccccc1. The summed E-state index contributed by atoms with van der Waals surface area (Å²) in [4.78, 5) is 26.4. The lowest BCUT2D eigenvalue weighted by Crippen LogP contribution is -2.27. The van der Waals surface area contributed by atoms with Crippen molar-refractivity contribution in [3.8, 4) is 0 Å². The van der Waals surface area contributed by atoms with Crippen LogP contribution < -0.4 is 0 Å². The summed E-state index contributed by atoms with van der Waals surface area (Å²) in [5.41, 5.74) is 2.94. The number of carbonyl (C=O) groups excluding carboxylic acids is 2. The molecule has 3 nitrogen and oxygen atoms in total. The van der Waals surface area contributed by atoms with Gasteiger partial charge < -0.3 is 0 Å². The third-order valence-corrected chi connectivity index (χ3v) is 4.52. The van der Waals surface area contributed by atoms with E-state index in [-0.39, 0.29) is 11.1 Å². The van der Waals surface area contributed by atoms with Gasteiger partial charge >= 0.3 is 0 Å². The van der Waals surface area contributed by atoms with Crippen LogP contribution in [0.5, 0.6) is 0 Å². The Morgan fingerprint density at radius 1 is 1.00 bits per heavy atom. The molecule has 1 aliphatic heterocycles.